The van der Waals surface area contributed by atoms with E-state index in [1.54, 1.807) is 17.1 Å². The number of aryl methyl sites for hydroxylation is 1. The van der Waals surface area contributed by atoms with E-state index in [2.05, 4.69) is 0 Å². The number of phenolic OH excluding ortho intramolecular Hbond substituents is 1. The normalized spacial score (nSPS) is 16.1. The zero-order valence-electron chi connectivity index (χ0n) is 16.2. The monoisotopic (exact) mass is 387 g/mol. The Morgan fingerprint density at radius 2 is 1.83 bits per heavy atom. The number of carbonyl (C=O) groups excluding carboxylic acids is 1. The van der Waals surface area contributed by atoms with E-state index >= 15 is 0 Å². The van der Waals surface area contributed by atoms with Gasteiger partial charge in [-0.1, -0.05) is 48.5 Å². The first-order valence-electron chi connectivity index (χ1n) is 9.65. The van der Waals surface area contributed by atoms with Crippen LogP contribution < -0.4 is 0 Å². The van der Waals surface area contributed by atoms with Crippen LogP contribution in [0.4, 0.5) is 4.39 Å². The minimum atomic E-state index is -0.537. The molecule has 0 saturated heterocycles. The van der Waals surface area contributed by atoms with Gasteiger partial charge >= 0.3 is 0 Å². The van der Waals surface area contributed by atoms with Crippen LogP contribution in [0.15, 0.2) is 72.8 Å². The lowest BCUT2D eigenvalue weighted by atomic mass is 9.87. The number of rotatable bonds is 3. The van der Waals surface area contributed by atoms with Crippen molar-refractivity contribution in [2.24, 2.45) is 0 Å². The van der Waals surface area contributed by atoms with Crippen LogP contribution in [0, 0.1) is 12.7 Å². The number of hydrogen-bond donors (Lipinski definition) is 1. The van der Waals surface area contributed by atoms with Crippen LogP contribution in [0.3, 0.4) is 0 Å². The number of hydrogen-bond acceptors (Lipinski definition) is 2. The summed E-state index contributed by atoms with van der Waals surface area (Å²) in [6.07, 6.45) is 4.08. The molecule has 3 aromatic carbocycles. The van der Waals surface area contributed by atoms with Gasteiger partial charge in [-0.25, -0.2) is 4.39 Å². The van der Waals surface area contributed by atoms with Gasteiger partial charge in [0.1, 0.15) is 11.6 Å². The summed E-state index contributed by atoms with van der Waals surface area (Å²) in [5.41, 5.74) is 4.48. The Morgan fingerprint density at radius 1 is 1.07 bits per heavy atom. The average molecular weight is 387 g/mol. The Morgan fingerprint density at radius 3 is 2.66 bits per heavy atom. The van der Waals surface area contributed by atoms with E-state index in [1.807, 2.05) is 55.5 Å². The molecule has 1 atom stereocenters. The average Bonchev–Trinajstić information content (AvgIpc) is 2.74. The molecule has 1 aliphatic heterocycles. The first kappa shape index (κ1) is 18.9. The Kier molecular flexibility index (Phi) is 5.17. The third-order valence-corrected chi connectivity index (χ3v) is 5.44. The maximum atomic E-state index is 14.0. The van der Waals surface area contributed by atoms with Crippen molar-refractivity contribution in [3.05, 3.63) is 106 Å². The highest BCUT2D eigenvalue weighted by molar-refractivity contribution is 5.92. The van der Waals surface area contributed by atoms with Gasteiger partial charge in [0.05, 0.1) is 6.04 Å². The number of halogens is 1. The molecule has 1 N–H and O–H groups in total. The van der Waals surface area contributed by atoms with E-state index in [0.717, 1.165) is 22.3 Å². The molecule has 4 heteroatoms. The molecule has 0 fully saturated rings. The summed E-state index contributed by atoms with van der Waals surface area (Å²) in [6, 6.07) is 19.0. The molecule has 4 rings (SSSR count). The van der Waals surface area contributed by atoms with Crippen LogP contribution >= 0.6 is 0 Å². The van der Waals surface area contributed by atoms with Gasteiger partial charge in [0, 0.05) is 18.2 Å². The number of aromatic hydroxyl groups is 1. The molecule has 29 heavy (non-hydrogen) atoms. The fraction of sp³-hybridized carbons (Fsp3) is 0.160. The minimum absolute atomic E-state index is 0.0196. The molecule has 1 heterocycles. The summed E-state index contributed by atoms with van der Waals surface area (Å²) in [7, 11) is 0. The van der Waals surface area contributed by atoms with E-state index in [-0.39, 0.29) is 11.7 Å². The largest absolute Gasteiger partial charge is 0.508 e. The predicted octanol–water partition coefficient (Wildman–Crippen LogP) is 5.03. The molecule has 1 amide bonds. The van der Waals surface area contributed by atoms with Crippen LogP contribution in [0.2, 0.25) is 0 Å². The molecule has 146 valence electrons. The predicted molar refractivity (Wildman–Crippen MR) is 112 cm³/mol. The van der Waals surface area contributed by atoms with E-state index in [9.17, 15) is 14.3 Å². The summed E-state index contributed by atoms with van der Waals surface area (Å²) in [5, 5.41) is 10.4. The highest BCUT2D eigenvalue weighted by Gasteiger charge is 2.32. The maximum absolute atomic E-state index is 14.0. The van der Waals surface area contributed by atoms with E-state index in [4.69, 9.17) is 0 Å². The standard InChI is InChI=1S/C25H22FNO2/c1-17-6-2-3-7-18(17)10-13-24(29)27-15-14-19-8-4-5-9-21(19)25(27)22-16-20(26)11-12-23(22)28/h2-13,16,25,28H,14-15H2,1H3/b13-10+. The summed E-state index contributed by atoms with van der Waals surface area (Å²) in [6.45, 7) is 2.49. The van der Waals surface area contributed by atoms with Gasteiger partial charge in [-0.3, -0.25) is 4.79 Å². The van der Waals surface area contributed by atoms with Gasteiger partial charge in [-0.05, 0) is 59.9 Å². The minimum Gasteiger partial charge on any atom is -0.508 e. The number of amides is 1. The molecule has 0 spiro atoms. The highest BCUT2D eigenvalue weighted by atomic mass is 19.1. The molecule has 1 aliphatic rings. The van der Waals surface area contributed by atoms with Gasteiger partial charge in [-0.15, -0.1) is 0 Å². The number of benzene rings is 3. The van der Waals surface area contributed by atoms with Crippen molar-refractivity contribution < 1.29 is 14.3 Å². The SMILES string of the molecule is Cc1ccccc1/C=C/C(=O)N1CCc2ccccc2C1c1cc(F)ccc1O. The van der Waals surface area contributed by atoms with Crippen molar-refractivity contribution >= 4 is 12.0 Å². The van der Waals surface area contributed by atoms with Crippen molar-refractivity contribution in [1.82, 2.24) is 4.90 Å². The molecule has 3 nitrogen and oxygen atoms in total. The van der Waals surface area contributed by atoms with Crippen LogP contribution in [0.5, 0.6) is 5.75 Å². The van der Waals surface area contributed by atoms with Crippen LogP contribution in [0.1, 0.15) is 33.9 Å². The molecular formula is C25H22FNO2. The fourth-order valence-electron chi connectivity index (χ4n) is 3.91. The van der Waals surface area contributed by atoms with Gasteiger partial charge in [-0.2, -0.15) is 0 Å². The summed E-state index contributed by atoms with van der Waals surface area (Å²) in [5.74, 6) is -0.631. The van der Waals surface area contributed by atoms with Gasteiger partial charge in [0.15, 0.2) is 0 Å². The summed E-state index contributed by atoms with van der Waals surface area (Å²) in [4.78, 5) is 14.8. The van der Waals surface area contributed by atoms with Crippen molar-refractivity contribution in [2.45, 2.75) is 19.4 Å². The van der Waals surface area contributed by atoms with E-state index in [1.165, 1.54) is 18.2 Å². The molecule has 1 unspecified atom stereocenters. The van der Waals surface area contributed by atoms with E-state index < -0.39 is 11.9 Å². The second kappa shape index (κ2) is 7.92. The molecule has 0 aliphatic carbocycles. The van der Waals surface area contributed by atoms with Crippen molar-refractivity contribution in [3.8, 4) is 5.75 Å². The quantitative estimate of drug-likeness (QED) is 0.641. The lowest BCUT2D eigenvalue weighted by molar-refractivity contribution is -0.128. The lowest BCUT2D eigenvalue weighted by Crippen LogP contribution is -2.39. The molecule has 0 saturated carbocycles. The zero-order chi connectivity index (χ0) is 20.4. The second-order valence-electron chi connectivity index (χ2n) is 7.28. The van der Waals surface area contributed by atoms with Gasteiger partial charge < -0.3 is 10.0 Å². The summed E-state index contributed by atoms with van der Waals surface area (Å²) >= 11 is 0. The highest BCUT2D eigenvalue weighted by Crippen LogP contribution is 2.39. The Bertz CT molecular complexity index is 1090. The topological polar surface area (TPSA) is 40.5 Å². The number of nitrogens with zero attached hydrogens (tertiary/aromatic N) is 1. The molecule has 0 bridgehead atoms. The molecular weight excluding hydrogens is 365 g/mol. The second-order valence-corrected chi connectivity index (χ2v) is 7.28. The van der Waals surface area contributed by atoms with E-state index in [0.29, 0.717) is 18.5 Å². The van der Waals surface area contributed by atoms with Crippen molar-refractivity contribution in [3.63, 3.8) is 0 Å². The Hall–Kier alpha value is -3.40. The Balaban J connectivity index is 1.74. The first-order chi connectivity index (χ1) is 14.0. The Labute approximate surface area is 169 Å². The third-order valence-electron chi connectivity index (χ3n) is 5.44. The fourth-order valence-corrected chi connectivity index (χ4v) is 3.91. The van der Waals surface area contributed by atoms with Crippen LogP contribution in [0.25, 0.3) is 6.08 Å². The number of phenols is 1. The first-order valence-corrected chi connectivity index (χ1v) is 9.65. The van der Waals surface area contributed by atoms with Crippen LogP contribution in [-0.4, -0.2) is 22.5 Å². The molecule has 0 radical (unpaired) electrons. The van der Waals surface area contributed by atoms with Crippen molar-refractivity contribution in [1.29, 1.82) is 0 Å². The van der Waals surface area contributed by atoms with Crippen molar-refractivity contribution in [2.75, 3.05) is 6.54 Å². The zero-order valence-corrected chi connectivity index (χ0v) is 16.2. The summed E-state index contributed by atoms with van der Waals surface area (Å²) < 4.78 is 14.0. The number of carbonyl (C=O) groups is 1. The van der Waals surface area contributed by atoms with Gasteiger partial charge in [0.2, 0.25) is 5.91 Å². The maximum Gasteiger partial charge on any atom is 0.247 e. The van der Waals surface area contributed by atoms with Gasteiger partial charge in [0.25, 0.3) is 0 Å². The lowest BCUT2D eigenvalue weighted by Gasteiger charge is -2.37. The number of fused-ring (bicyclic) bond motifs is 1. The smallest absolute Gasteiger partial charge is 0.247 e. The molecule has 3 aromatic rings. The van der Waals surface area contributed by atoms with Crippen LogP contribution in [-0.2, 0) is 11.2 Å². The third kappa shape index (κ3) is 3.79. The molecule has 0 aromatic heterocycles.